The van der Waals surface area contributed by atoms with Crippen LogP contribution >= 0.6 is 0 Å². The maximum absolute atomic E-state index is 9.33. The van der Waals surface area contributed by atoms with Crippen LogP contribution in [0.1, 0.15) is 0 Å². The lowest BCUT2D eigenvalue weighted by Gasteiger charge is -2.39. The predicted molar refractivity (Wildman–Crippen MR) is 44.1 cm³/mol. The quantitative estimate of drug-likeness (QED) is 0.195. The standard InChI is InChI=1S/C6H11N3O6/c7-9-8-5(13)4-2(11)1(10)3(12)6(14)15-4/h1-6,10-14H/t1-,2+,3+,4-,5?,6-/m1/s1. The normalized spacial score (nSPS) is 43.1. The second-order valence-electron chi connectivity index (χ2n) is 3.08. The summed E-state index contributed by atoms with van der Waals surface area (Å²) in [6.07, 6.45) is -10.1. The van der Waals surface area contributed by atoms with Gasteiger partial charge in [0.15, 0.2) is 12.5 Å². The molecule has 0 aromatic carbocycles. The van der Waals surface area contributed by atoms with Gasteiger partial charge in [0, 0.05) is 4.91 Å². The van der Waals surface area contributed by atoms with E-state index in [0.29, 0.717) is 0 Å². The first-order chi connectivity index (χ1) is 6.99. The van der Waals surface area contributed by atoms with Crippen molar-refractivity contribution >= 4 is 0 Å². The van der Waals surface area contributed by atoms with Gasteiger partial charge in [-0.05, 0) is 5.53 Å². The van der Waals surface area contributed by atoms with Crippen LogP contribution in [0.5, 0.6) is 0 Å². The van der Waals surface area contributed by atoms with E-state index in [2.05, 4.69) is 14.8 Å². The highest BCUT2D eigenvalue weighted by Crippen LogP contribution is 2.22. The van der Waals surface area contributed by atoms with Crippen molar-refractivity contribution in [3.05, 3.63) is 10.4 Å². The molecule has 0 spiro atoms. The third-order valence-corrected chi connectivity index (χ3v) is 2.09. The average Bonchev–Trinajstić information content (AvgIpc) is 2.20. The van der Waals surface area contributed by atoms with Gasteiger partial charge in [-0.2, -0.15) is 0 Å². The van der Waals surface area contributed by atoms with E-state index in [4.69, 9.17) is 20.9 Å². The summed E-state index contributed by atoms with van der Waals surface area (Å²) in [5.74, 6) is 0. The second kappa shape index (κ2) is 4.73. The summed E-state index contributed by atoms with van der Waals surface area (Å²) in [6.45, 7) is 0. The first-order valence-electron chi connectivity index (χ1n) is 4.09. The van der Waals surface area contributed by atoms with Crippen molar-refractivity contribution in [1.29, 1.82) is 0 Å². The Hall–Kier alpha value is -0.930. The number of hydrogen-bond donors (Lipinski definition) is 5. The number of aliphatic hydroxyl groups is 5. The Morgan fingerprint density at radius 2 is 1.73 bits per heavy atom. The van der Waals surface area contributed by atoms with Crippen LogP contribution in [0, 0.1) is 0 Å². The molecule has 1 rings (SSSR count). The van der Waals surface area contributed by atoms with Gasteiger partial charge in [0.05, 0.1) is 0 Å². The smallest absolute Gasteiger partial charge is 0.184 e. The zero-order valence-electron chi connectivity index (χ0n) is 7.45. The van der Waals surface area contributed by atoms with Gasteiger partial charge < -0.3 is 30.3 Å². The Morgan fingerprint density at radius 1 is 1.13 bits per heavy atom. The molecule has 0 saturated carbocycles. The molecule has 0 aromatic heterocycles. The molecule has 6 atom stereocenters. The largest absolute Gasteiger partial charge is 0.387 e. The molecule has 9 nitrogen and oxygen atoms in total. The molecule has 0 aliphatic carbocycles. The highest BCUT2D eigenvalue weighted by Gasteiger charge is 2.45. The lowest BCUT2D eigenvalue weighted by molar-refractivity contribution is -0.296. The molecule has 1 aliphatic rings. The van der Waals surface area contributed by atoms with E-state index in [9.17, 15) is 10.2 Å². The van der Waals surface area contributed by atoms with Crippen LogP contribution < -0.4 is 0 Å². The topological polar surface area (TPSA) is 159 Å². The second-order valence-corrected chi connectivity index (χ2v) is 3.08. The predicted octanol–water partition coefficient (Wildman–Crippen LogP) is -2.59. The van der Waals surface area contributed by atoms with Crippen molar-refractivity contribution in [3.8, 4) is 0 Å². The molecule has 5 N–H and O–H groups in total. The summed E-state index contributed by atoms with van der Waals surface area (Å²) in [5, 5.41) is 48.7. The van der Waals surface area contributed by atoms with Gasteiger partial charge in [0.25, 0.3) is 0 Å². The Labute approximate surface area is 83.8 Å². The minimum Gasteiger partial charge on any atom is -0.387 e. The monoisotopic (exact) mass is 221 g/mol. The van der Waals surface area contributed by atoms with Gasteiger partial charge in [-0.15, -0.1) is 0 Å². The minimum atomic E-state index is -1.77. The van der Waals surface area contributed by atoms with Crippen molar-refractivity contribution in [2.45, 2.75) is 36.9 Å². The van der Waals surface area contributed by atoms with Crippen molar-refractivity contribution in [2.24, 2.45) is 5.11 Å². The molecule has 86 valence electrons. The third-order valence-electron chi connectivity index (χ3n) is 2.09. The summed E-state index contributed by atoms with van der Waals surface area (Å²) < 4.78 is 4.58. The average molecular weight is 221 g/mol. The van der Waals surface area contributed by atoms with Crippen LogP contribution in [0.3, 0.4) is 0 Å². The molecule has 0 amide bonds. The van der Waals surface area contributed by atoms with Crippen LogP contribution in [0.4, 0.5) is 0 Å². The zero-order valence-corrected chi connectivity index (χ0v) is 7.45. The van der Waals surface area contributed by atoms with Gasteiger partial charge in [0.2, 0.25) is 0 Å². The fourth-order valence-electron chi connectivity index (χ4n) is 1.25. The Balaban J connectivity index is 2.78. The molecule has 1 unspecified atom stereocenters. The lowest BCUT2D eigenvalue weighted by atomic mass is 9.98. The number of azide groups is 1. The molecule has 1 aliphatic heterocycles. The van der Waals surface area contributed by atoms with Crippen LogP contribution in [-0.4, -0.2) is 62.5 Å². The molecular weight excluding hydrogens is 210 g/mol. The molecule has 0 aromatic rings. The van der Waals surface area contributed by atoms with Crippen molar-refractivity contribution < 1.29 is 30.3 Å². The molecule has 0 bridgehead atoms. The number of aliphatic hydroxyl groups excluding tert-OH is 5. The van der Waals surface area contributed by atoms with E-state index < -0.39 is 36.9 Å². The van der Waals surface area contributed by atoms with E-state index in [1.165, 1.54) is 0 Å². The van der Waals surface area contributed by atoms with Gasteiger partial charge in [-0.3, -0.25) is 0 Å². The molecule has 1 saturated heterocycles. The van der Waals surface area contributed by atoms with Gasteiger partial charge >= 0.3 is 0 Å². The SMILES string of the molecule is [N-]=[N+]=NC(O)[C@@H]1O[C@@H](O)[C@@H](O)[C@H](O)[C@@H]1O. The molecule has 15 heavy (non-hydrogen) atoms. The number of rotatable bonds is 2. The van der Waals surface area contributed by atoms with Crippen LogP contribution in [0.25, 0.3) is 10.4 Å². The van der Waals surface area contributed by atoms with Crippen molar-refractivity contribution in [1.82, 2.24) is 0 Å². The zero-order chi connectivity index (χ0) is 11.6. The summed E-state index contributed by atoms with van der Waals surface area (Å²) in [4.78, 5) is 2.27. The van der Waals surface area contributed by atoms with E-state index in [1.807, 2.05) is 0 Å². The van der Waals surface area contributed by atoms with E-state index in [-0.39, 0.29) is 0 Å². The summed E-state index contributed by atoms with van der Waals surface area (Å²) in [5.41, 5.74) is 8.02. The molecule has 9 heteroatoms. The molecular formula is C6H11N3O6. The lowest BCUT2D eigenvalue weighted by Crippen LogP contribution is -2.60. The summed E-state index contributed by atoms with van der Waals surface area (Å²) in [7, 11) is 0. The van der Waals surface area contributed by atoms with Crippen molar-refractivity contribution in [2.75, 3.05) is 0 Å². The minimum absolute atomic E-state index is 1.49. The van der Waals surface area contributed by atoms with Crippen LogP contribution in [0.2, 0.25) is 0 Å². The summed E-state index contributed by atoms with van der Waals surface area (Å²) >= 11 is 0. The van der Waals surface area contributed by atoms with E-state index >= 15 is 0 Å². The molecule has 1 heterocycles. The third kappa shape index (κ3) is 2.36. The Morgan fingerprint density at radius 3 is 2.27 bits per heavy atom. The molecule has 0 radical (unpaired) electrons. The molecule has 1 fully saturated rings. The highest BCUT2D eigenvalue weighted by molar-refractivity contribution is 4.91. The maximum atomic E-state index is 9.33. The van der Waals surface area contributed by atoms with Crippen molar-refractivity contribution in [3.63, 3.8) is 0 Å². The maximum Gasteiger partial charge on any atom is 0.184 e. The van der Waals surface area contributed by atoms with Gasteiger partial charge in [0.1, 0.15) is 24.4 Å². The van der Waals surface area contributed by atoms with E-state index in [0.717, 1.165) is 0 Å². The Kier molecular flexibility index (Phi) is 3.83. The fraction of sp³-hybridized carbons (Fsp3) is 1.00. The van der Waals surface area contributed by atoms with Crippen LogP contribution in [-0.2, 0) is 4.74 Å². The van der Waals surface area contributed by atoms with E-state index in [1.54, 1.807) is 0 Å². The fourth-order valence-corrected chi connectivity index (χ4v) is 1.25. The number of nitrogens with zero attached hydrogens (tertiary/aromatic N) is 3. The highest BCUT2D eigenvalue weighted by atomic mass is 16.6. The first kappa shape index (κ1) is 12.1. The number of hydrogen-bond acceptors (Lipinski definition) is 7. The Bertz CT molecular complexity index is 270. The van der Waals surface area contributed by atoms with Crippen LogP contribution in [0.15, 0.2) is 5.11 Å². The van der Waals surface area contributed by atoms with Gasteiger partial charge in [-0.1, -0.05) is 5.11 Å². The first-order valence-corrected chi connectivity index (χ1v) is 4.09. The summed E-state index contributed by atoms with van der Waals surface area (Å²) in [6, 6.07) is 0. The van der Waals surface area contributed by atoms with Gasteiger partial charge in [-0.25, -0.2) is 0 Å². The number of ether oxygens (including phenoxy) is 1.